The lowest BCUT2D eigenvalue weighted by molar-refractivity contribution is 0.000320. The van der Waals surface area contributed by atoms with Crippen molar-refractivity contribution in [2.24, 2.45) is 0 Å². The monoisotopic (exact) mass is 340 g/mol. The van der Waals surface area contributed by atoms with Crippen molar-refractivity contribution >= 4 is 5.91 Å². The van der Waals surface area contributed by atoms with Crippen LogP contribution < -0.4 is 4.74 Å². The predicted molar refractivity (Wildman–Crippen MR) is 95.4 cm³/mol. The highest BCUT2D eigenvalue weighted by atomic mass is 16.5. The number of carbonyl (C=O) groups is 1. The Morgan fingerprint density at radius 1 is 1.32 bits per heavy atom. The van der Waals surface area contributed by atoms with Crippen LogP contribution in [0, 0.1) is 0 Å². The van der Waals surface area contributed by atoms with Gasteiger partial charge in [-0.05, 0) is 38.3 Å². The van der Waals surface area contributed by atoms with Crippen LogP contribution in [0.25, 0.3) is 0 Å². The fourth-order valence-electron chi connectivity index (χ4n) is 3.26. The molecule has 0 bridgehead atoms. The van der Waals surface area contributed by atoms with E-state index in [2.05, 4.69) is 4.98 Å². The van der Waals surface area contributed by atoms with Crippen LogP contribution in [0.1, 0.15) is 42.6 Å². The molecule has 1 saturated heterocycles. The standard InChI is InChI=1S/C20H24N2O3/c1-20(2,24)17-9-6-12-22(17)19(23)16-10-11-21-18(13-16)25-14-15-7-4-3-5-8-15/h3-5,7-8,10-11,13,17,24H,6,9,12,14H2,1-2H3. The van der Waals surface area contributed by atoms with Gasteiger partial charge in [-0.25, -0.2) is 4.98 Å². The molecule has 1 aromatic carbocycles. The van der Waals surface area contributed by atoms with Crippen molar-refractivity contribution in [3.63, 3.8) is 0 Å². The zero-order chi connectivity index (χ0) is 17.9. The third-order valence-electron chi connectivity index (χ3n) is 4.54. The SMILES string of the molecule is CC(C)(O)C1CCCN1C(=O)c1ccnc(OCc2ccccc2)c1. The van der Waals surface area contributed by atoms with E-state index in [9.17, 15) is 9.90 Å². The average molecular weight is 340 g/mol. The van der Waals surface area contributed by atoms with Crippen LogP contribution in [-0.2, 0) is 6.61 Å². The smallest absolute Gasteiger partial charge is 0.254 e. The van der Waals surface area contributed by atoms with E-state index in [1.54, 1.807) is 37.1 Å². The van der Waals surface area contributed by atoms with Crippen LogP contribution in [0.2, 0.25) is 0 Å². The van der Waals surface area contributed by atoms with Crippen molar-refractivity contribution in [3.8, 4) is 5.88 Å². The molecule has 1 unspecified atom stereocenters. The van der Waals surface area contributed by atoms with Crippen LogP contribution in [0.15, 0.2) is 48.7 Å². The van der Waals surface area contributed by atoms with Crippen molar-refractivity contribution in [3.05, 3.63) is 59.8 Å². The van der Waals surface area contributed by atoms with Gasteiger partial charge in [0, 0.05) is 24.4 Å². The zero-order valence-corrected chi connectivity index (χ0v) is 14.7. The molecule has 132 valence electrons. The molecule has 0 radical (unpaired) electrons. The Kier molecular flexibility index (Phi) is 5.04. The van der Waals surface area contributed by atoms with Crippen molar-refractivity contribution in [2.45, 2.75) is 44.9 Å². The first-order valence-electron chi connectivity index (χ1n) is 8.61. The molecule has 1 amide bonds. The third kappa shape index (κ3) is 4.17. The van der Waals surface area contributed by atoms with E-state index >= 15 is 0 Å². The zero-order valence-electron chi connectivity index (χ0n) is 14.7. The van der Waals surface area contributed by atoms with Crippen LogP contribution in [0.3, 0.4) is 0 Å². The molecule has 1 fully saturated rings. The number of aromatic nitrogens is 1. The number of likely N-dealkylation sites (tertiary alicyclic amines) is 1. The Balaban J connectivity index is 1.71. The van der Waals surface area contributed by atoms with Crippen molar-refractivity contribution in [1.29, 1.82) is 0 Å². The number of amides is 1. The van der Waals surface area contributed by atoms with Gasteiger partial charge in [-0.1, -0.05) is 30.3 Å². The summed E-state index contributed by atoms with van der Waals surface area (Å²) >= 11 is 0. The molecule has 1 N–H and O–H groups in total. The van der Waals surface area contributed by atoms with Crippen molar-refractivity contribution < 1.29 is 14.6 Å². The molecule has 25 heavy (non-hydrogen) atoms. The van der Waals surface area contributed by atoms with Gasteiger partial charge in [-0.15, -0.1) is 0 Å². The lowest BCUT2D eigenvalue weighted by Gasteiger charge is -2.33. The fraction of sp³-hybridized carbons (Fsp3) is 0.400. The summed E-state index contributed by atoms with van der Waals surface area (Å²) in [6.45, 7) is 4.58. The maximum atomic E-state index is 12.9. The number of carbonyl (C=O) groups excluding carboxylic acids is 1. The molecular formula is C20H24N2O3. The Labute approximate surface area is 148 Å². The fourth-order valence-corrected chi connectivity index (χ4v) is 3.26. The molecule has 0 aliphatic carbocycles. The van der Waals surface area contributed by atoms with Crippen molar-refractivity contribution in [2.75, 3.05) is 6.54 Å². The van der Waals surface area contributed by atoms with Gasteiger partial charge in [-0.2, -0.15) is 0 Å². The second-order valence-electron chi connectivity index (χ2n) is 6.97. The van der Waals surface area contributed by atoms with E-state index in [4.69, 9.17) is 4.74 Å². The van der Waals surface area contributed by atoms with Gasteiger partial charge in [0.25, 0.3) is 5.91 Å². The van der Waals surface area contributed by atoms with E-state index in [1.807, 2.05) is 30.3 Å². The van der Waals surface area contributed by atoms with E-state index < -0.39 is 5.60 Å². The van der Waals surface area contributed by atoms with Gasteiger partial charge in [0.05, 0.1) is 11.6 Å². The predicted octanol–water partition coefficient (Wildman–Crippen LogP) is 3.04. The van der Waals surface area contributed by atoms with Crippen LogP contribution in [-0.4, -0.2) is 39.1 Å². The lowest BCUT2D eigenvalue weighted by Crippen LogP contribution is -2.48. The van der Waals surface area contributed by atoms with Gasteiger partial charge >= 0.3 is 0 Å². The van der Waals surface area contributed by atoms with Crippen LogP contribution >= 0.6 is 0 Å². The Bertz CT molecular complexity index is 725. The Morgan fingerprint density at radius 3 is 2.80 bits per heavy atom. The Hall–Kier alpha value is -2.40. The maximum absolute atomic E-state index is 12.9. The van der Waals surface area contributed by atoms with E-state index in [1.165, 1.54) is 0 Å². The first-order chi connectivity index (χ1) is 11.9. The summed E-state index contributed by atoms with van der Waals surface area (Å²) in [7, 11) is 0. The number of aliphatic hydroxyl groups is 1. The summed E-state index contributed by atoms with van der Waals surface area (Å²) in [5.74, 6) is 0.338. The number of pyridine rings is 1. The maximum Gasteiger partial charge on any atom is 0.254 e. The number of hydrogen-bond acceptors (Lipinski definition) is 4. The number of rotatable bonds is 5. The topological polar surface area (TPSA) is 62.7 Å². The molecular weight excluding hydrogens is 316 g/mol. The van der Waals surface area contributed by atoms with E-state index in [-0.39, 0.29) is 11.9 Å². The van der Waals surface area contributed by atoms with Gasteiger partial charge < -0.3 is 14.7 Å². The van der Waals surface area contributed by atoms with Crippen LogP contribution in [0.5, 0.6) is 5.88 Å². The minimum absolute atomic E-state index is 0.0865. The molecule has 5 nitrogen and oxygen atoms in total. The minimum Gasteiger partial charge on any atom is -0.473 e. The van der Waals surface area contributed by atoms with Crippen LogP contribution in [0.4, 0.5) is 0 Å². The van der Waals surface area contributed by atoms with E-state index in [0.29, 0.717) is 24.6 Å². The minimum atomic E-state index is -0.911. The summed E-state index contributed by atoms with van der Waals surface area (Å²) in [5, 5.41) is 10.3. The molecule has 2 aromatic rings. The summed E-state index contributed by atoms with van der Waals surface area (Å²) in [6, 6.07) is 13.0. The molecule has 1 aliphatic heterocycles. The third-order valence-corrected chi connectivity index (χ3v) is 4.54. The first kappa shape index (κ1) is 17.4. The molecule has 1 aromatic heterocycles. The second-order valence-corrected chi connectivity index (χ2v) is 6.97. The molecule has 1 aliphatic rings. The molecule has 2 heterocycles. The quantitative estimate of drug-likeness (QED) is 0.909. The summed E-state index contributed by atoms with van der Waals surface area (Å²) in [5.41, 5.74) is 0.670. The molecule has 5 heteroatoms. The number of nitrogens with zero attached hydrogens (tertiary/aromatic N) is 2. The normalized spacial score (nSPS) is 17.6. The largest absolute Gasteiger partial charge is 0.473 e. The number of benzene rings is 1. The van der Waals surface area contributed by atoms with Gasteiger partial charge in [0.15, 0.2) is 0 Å². The lowest BCUT2D eigenvalue weighted by atomic mass is 9.96. The molecule has 3 rings (SSSR count). The summed E-state index contributed by atoms with van der Waals surface area (Å²) in [6.07, 6.45) is 3.31. The highest BCUT2D eigenvalue weighted by molar-refractivity contribution is 5.94. The first-order valence-corrected chi connectivity index (χ1v) is 8.61. The van der Waals surface area contributed by atoms with E-state index in [0.717, 1.165) is 18.4 Å². The second kappa shape index (κ2) is 7.23. The average Bonchev–Trinajstić information content (AvgIpc) is 3.11. The number of hydrogen-bond donors (Lipinski definition) is 1. The molecule has 1 atom stereocenters. The summed E-state index contributed by atoms with van der Waals surface area (Å²) in [4.78, 5) is 18.8. The highest BCUT2D eigenvalue weighted by Gasteiger charge is 2.38. The van der Waals surface area contributed by atoms with Gasteiger partial charge in [0.1, 0.15) is 6.61 Å². The molecule has 0 saturated carbocycles. The Morgan fingerprint density at radius 2 is 2.08 bits per heavy atom. The van der Waals surface area contributed by atoms with Gasteiger partial charge in [0.2, 0.25) is 5.88 Å². The molecule has 0 spiro atoms. The number of ether oxygens (including phenoxy) is 1. The van der Waals surface area contributed by atoms with Gasteiger partial charge in [-0.3, -0.25) is 4.79 Å². The summed E-state index contributed by atoms with van der Waals surface area (Å²) < 4.78 is 5.71. The highest BCUT2D eigenvalue weighted by Crippen LogP contribution is 2.28. The van der Waals surface area contributed by atoms with Crippen molar-refractivity contribution in [1.82, 2.24) is 9.88 Å².